The molecule has 1 amide bonds. The second-order valence-electron chi connectivity index (χ2n) is 9.46. The Balaban J connectivity index is 1.23. The molecule has 4 heteroatoms. The van der Waals surface area contributed by atoms with E-state index >= 15 is 0 Å². The maximum atomic E-state index is 12.9. The smallest absolute Gasteiger partial charge is 0.223 e. The predicted octanol–water partition coefficient (Wildman–Crippen LogP) is 5.78. The third kappa shape index (κ3) is 5.07. The highest BCUT2D eigenvalue weighted by atomic mass is 16.1. The van der Waals surface area contributed by atoms with Gasteiger partial charge in [-0.05, 0) is 61.5 Å². The van der Waals surface area contributed by atoms with Crippen LogP contribution < -0.4 is 5.32 Å². The number of aromatic nitrogens is 1. The minimum absolute atomic E-state index is 0.0421. The molecule has 5 rings (SSSR count). The number of benzene rings is 3. The Morgan fingerprint density at radius 2 is 1.53 bits per heavy atom. The summed E-state index contributed by atoms with van der Waals surface area (Å²) in [4.78, 5) is 15.4. The minimum Gasteiger partial charge on any atom is -0.349 e. The van der Waals surface area contributed by atoms with E-state index in [0.717, 1.165) is 44.6 Å². The van der Waals surface area contributed by atoms with E-state index in [2.05, 4.69) is 94.5 Å². The van der Waals surface area contributed by atoms with Crippen LogP contribution in [0.1, 0.15) is 42.6 Å². The molecule has 1 aliphatic heterocycles. The van der Waals surface area contributed by atoms with E-state index in [9.17, 15) is 4.79 Å². The van der Waals surface area contributed by atoms with Crippen LogP contribution in [0.3, 0.4) is 0 Å². The number of hydrogen-bond acceptors (Lipinski definition) is 2. The van der Waals surface area contributed by atoms with Crippen molar-refractivity contribution in [3.8, 4) is 0 Å². The number of piperidine rings is 1. The second-order valence-corrected chi connectivity index (χ2v) is 9.46. The lowest BCUT2D eigenvalue weighted by atomic mass is 9.95. The van der Waals surface area contributed by atoms with Crippen molar-refractivity contribution in [2.24, 2.45) is 5.92 Å². The number of para-hydroxylation sites is 1. The summed E-state index contributed by atoms with van der Waals surface area (Å²) in [6.07, 6.45) is 1.82. The van der Waals surface area contributed by atoms with Crippen molar-refractivity contribution in [2.75, 3.05) is 13.1 Å². The molecule has 174 valence electrons. The van der Waals surface area contributed by atoms with Crippen molar-refractivity contribution in [1.82, 2.24) is 14.8 Å². The van der Waals surface area contributed by atoms with Crippen LogP contribution in [0.5, 0.6) is 0 Å². The molecule has 1 fully saturated rings. The number of carbonyl (C=O) groups excluding carboxylic acids is 1. The standard InChI is InChI=1S/C30H33N3O/c1-23(25-12-6-3-7-13-25)31-30(34)26-16-18-32(19-17-26)22-28-20-27-14-8-9-15-29(27)33(28)21-24-10-4-2-5-11-24/h2-15,20,23,26H,16-19,21-22H2,1H3,(H,31,34). The van der Waals surface area contributed by atoms with Gasteiger partial charge in [0.15, 0.2) is 0 Å². The number of likely N-dealkylation sites (tertiary alicyclic amines) is 1. The van der Waals surface area contributed by atoms with Crippen LogP contribution in [0, 0.1) is 5.92 Å². The zero-order chi connectivity index (χ0) is 23.3. The molecule has 4 aromatic rings. The number of nitrogens with one attached hydrogen (secondary N) is 1. The zero-order valence-electron chi connectivity index (χ0n) is 19.9. The quantitative estimate of drug-likeness (QED) is 0.387. The van der Waals surface area contributed by atoms with E-state index in [1.807, 2.05) is 18.2 Å². The SMILES string of the molecule is CC(NC(=O)C1CCN(Cc2cc3ccccc3n2Cc2ccccc2)CC1)c1ccccc1. The summed E-state index contributed by atoms with van der Waals surface area (Å²) in [6.45, 7) is 5.75. The van der Waals surface area contributed by atoms with Gasteiger partial charge < -0.3 is 9.88 Å². The summed E-state index contributed by atoms with van der Waals surface area (Å²) in [5, 5.41) is 4.51. The highest BCUT2D eigenvalue weighted by Gasteiger charge is 2.26. The molecule has 1 atom stereocenters. The Hall–Kier alpha value is -3.37. The third-order valence-corrected chi connectivity index (χ3v) is 7.08. The lowest BCUT2D eigenvalue weighted by Gasteiger charge is -2.32. The number of nitrogens with zero attached hydrogens (tertiary/aromatic N) is 2. The fourth-order valence-corrected chi connectivity index (χ4v) is 5.09. The van der Waals surface area contributed by atoms with Gasteiger partial charge in [0.2, 0.25) is 5.91 Å². The van der Waals surface area contributed by atoms with E-state index in [1.54, 1.807) is 0 Å². The molecule has 0 bridgehead atoms. The van der Waals surface area contributed by atoms with Crippen molar-refractivity contribution < 1.29 is 4.79 Å². The number of fused-ring (bicyclic) bond motifs is 1. The maximum absolute atomic E-state index is 12.9. The Morgan fingerprint density at radius 3 is 2.26 bits per heavy atom. The number of amides is 1. The first-order valence-electron chi connectivity index (χ1n) is 12.4. The van der Waals surface area contributed by atoms with Gasteiger partial charge in [0.05, 0.1) is 6.04 Å². The summed E-state index contributed by atoms with van der Waals surface area (Å²) in [5.41, 5.74) is 5.09. The van der Waals surface area contributed by atoms with Crippen LogP contribution in [0.4, 0.5) is 0 Å². The lowest BCUT2D eigenvalue weighted by Crippen LogP contribution is -2.41. The Kier molecular flexibility index (Phi) is 6.77. The van der Waals surface area contributed by atoms with Crippen LogP contribution in [0.25, 0.3) is 10.9 Å². The van der Waals surface area contributed by atoms with Crippen LogP contribution in [0.2, 0.25) is 0 Å². The van der Waals surface area contributed by atoms with Gasteiger partial charge in [-0.1, -0.05) is 78.9 Å². The van der Waals surface area contributed by atoms with Crippen molar-refractivity contribution in [1.29, 1.82) is 0 Å². The molecule has 0 spiro atoms. The van der Waals surface area contributed by atoms with Crippen LogP contribution >= 0.6 is 0 Å². The fraction of sp³-hybridized carbons (Fsp3) is 0.300. The summed E-state index contributed by atoms with van der Waals surface area (Å²) in [7, 11) is 0. The molecule has 1 aliphatic rings. The van der Waals surface area contributed by atoms with E-state index in [-0.39, 0.29) is 17.9 Å². The number of hydrogen-bond donors (Lipinski definition) is 1. The van der Waals surface area contributed by atoms with Gasteiger partial charge in [-0.25, -0.2) is 0 Å². The molecular weight excluding hydrogens is 418 g/mol. The predicted molar refractivity (Wildman–Crippen MR) is 138 cm³/mol. The first kappa shape index (κ1) is 22.4. The second kappa shape index (κ2) is 10.3. The molecule has 1 unspecified atom stereocenters. The van der Waals surface area contributed by atoms with Gasteiger partial charge in [-0.2, -0.15) is 0 Å². The fourth-order valence-electron chi connectivity index (χ4n) is 5.09. The Bertz CT molecular complexity index is 1220. The molecule has 34 heavy (non-hydrogen) atoms. The monoisotopic (exact) mass is 451 g/mol. The molecule has 4 nitrogen and oxygen atoms in total. The average Bonchev–Trinajstić information content (AvgIpc) is 3.22. The van der Waals surface area contributed by atoms with Crippen molar-refractivity contribution in [2.45, 2.75) is 38.9 Å². The van der Waals surface area contributed by atoms with E-state index in [4.69, 9.17) is 0 Å². The van der Waals surface area contributed by atoms with E-state index in [0.29, 0.717) is 0 Å². The molecule has 1 saturated heterocycles. The summed E-state index contributed by atoms with van der Waals surface area (Å²) in [6, 6.07) is 31.9. The molecule has 0 saturated carbocycles. The van der Waals surface area contributed by atoms with Gasteiger partial charge in [-0.3, -0.25) is 9.69 Å². The van der Waals surface area contributed by atoms with Gasteiger partial charge >= 0.3 is 0 Å². The highest BCUT2D eigenvalue weighted by molar-refractivity contribution is 5.81. The first-order valence-corrected chi connectivity index (χ1v) is 12.4. The molecule has 1 aromatic heterocycles. The van der Waals surface area contributed by atoms with Crippen LogP contribution in [-0.2, 0) is 17.9 Å². The lowest BCUT2D eigenvalue weighted by molar-refractivity contribution is -0.127. The van der Waals surface area contributed by atoms with Gasteiger partial charge in [-0.15, -0.1) is 0 Å². The van der Waals surface area contributed by atoms with Gasteiger partial charge in [0, 0.05) is 30.2 Å². The van der Waals surface area contributed by atoms with Crippen molar-refractivity contribution in [3.63, 3.8) is 0 Å². The van der Waals surface area contributed by atoms with Crippen molar-refractivity contribution in [3.05, 3.63) is 108 Å². The van der Waals surface area contributed by atoms with Gasteiger partial charge in [0.1, 0.15) is 0 Å². The van der Waals surface area contributed by atoms with Gasteiger partial charge in [0.25, 0.3) is 0 Å². The number of carbonyl (C=O) groups is 1. The molecule has 3 aromatic carbocycles. The zero-order valence-corrected chi connectivity index (χ0v) is 19.9. The molecule has 0 radical (unpaired) electrons. The Labute approximate surface area is 202 Å². The molecule has 0 aliphatic carbocycles. The van der Waals surface area contributed by atoms with E-state index in [1.165, 1.54) is 22.2 Å². The molecule has 1 N–H and O–H groups in total. The van der Waals surface area contributed by atoms with Crippen molar-refractivity contribution >= 4 is 16.8 Å². The highest BCUT2D eigenvalue weighted by Crippen LogP contribution is 2.25. The first-order chi connectivity index (χ1) is 16.7. The summed E-state index contributed by atoms with van der Waals surface area (Å²) >= 11 is 0. The maximum Gasteiger partial charge on any atom is 0.223 e. The Morgan fingerprint density at radius 1 is 0.882 bits per heavy atom. The average molecular weight is 452 g/mol. The molecular formula is C30H33N3O. The topological polar surface area (TPSA) is 37.3 Å². The molecule has 2 heterocycles. The van der Waals surface area contributed by atoms with E-state index < -0.39 is 0 Å². The normalized spacial score (nSPS) is 15.9. The summed E-state index contributed by atoms with van der Waals surface area (Å²) < 4.78 is 2.45. The number of rotatable bonds is 7. The van der Waals surface area contributed by atoms with Crippen LogP contribution in [0.15, 0.2) is 91.0 Å². The minimum atomic E-state index is 0.0421. The summed E-state index contributed by atoms with van der Waals surface area (Å²) in [5.74, 6) is 0.284. The largest absolute Gasteiger partial charge is 0.349 e. The van der Waals surface area contributed by atoms with Crippen LogP contribution in [-0.4, -0.2) is 28.5 Å². The third-order valence-electron chi connectivity index (χ3n) is 7.08.